The number of fused-ring (bicyclic) bond motifs is 3. The summed E-state index contributed by atoms with van der Waals surface area (Å²) in [6, 6.07) is 16.7. The molecule has 0 spiro atoms. The van der Waals surface area contributed by atoms with E-state index in [1.54, 1.807) is 0 Å². The van der Waals surface area contributed by atoms with E-state index in [1.807, 2.05) is 12.1 Å². The molecule has 0 bridgehead atoms. The van der Waals surface area contributed by atoms with E-state index in [4.69, 9.17) is 4.74 Å². The topological polar surface area (TPSA) is 58.6 Å². The minimum atomic E-state index is -0.581. The van der Waals surface area contributed by atoms with Crippen molar-refractivity contribution in [3.05, 3.63) is 59.7 Å². The van der Waals surface area contributed by atoms with E-state index in [2.05, 4.69) is 41.7 Å². The second-order valence-electron chi connectivity index (χ2n) is 8.70. The van der Waals surface area contributed by atoms with Crippen molar-refractivity contribution in [1.82, 2.24) is 5.32 Å². The van der Waals surface area contributed by atoms with E-state index in [0.29, 0.717) is 13.2 Å². The summed E-state index contributed by atoms with van der Waals surface area (Å²) in [4.78, 5) is 12.4. The monoisotopic (exact) mass is 377 g/mol. The molecule has 4 nitrogen and oxygen atoms in total. The molecule has 3 aliphatic rings. The molecule has 2 saturated carbocycles. The van der Waals surface area contributed by atoms with E-state index in [9.17, 15) is 9.90 Å². The normalized spacial score (nSPS) is 21.0. The third-order valence-electron chi connectivity index (χ3n) is 7.39. The Bertz CT molecular complexity index is 853. The molecular weight excluding hydrogens is 350 g/mol. The minimum Gasteiger partial charge on any atom is -0.449 e. The zero-order valence-electron chi connectivity index (χ0n) is 16.1. The number of nitrogens with one attached hydrogen (secondary N) is 1. The Morgan fingerprint density at radius 3 is 2.04 bits per heavy atom. The Morgan fingerprint density at radius 1 is 0.964 bits per heavy atom. The Balaban J connectivity index is 1.24. The molecule has 4 heteroatoms. The van der Waals surface area contributed by atoms with Gasteiger partial charge in [-0.3, -0.25) is 0 Å². The molecule has 2 aromatic rings. The lowest BCUT2D eigenvalue weighted by atomic mass is 9.52. The lowest BCUT2D eigenvalue weighted by molar-refractivity contribution is -0.171. The standard InChI is InChI=1S/C24H27NO3/c26-22(25-16-23(11-5-12-23)24(27)13-6-14-24)28-15-21-19-9-3-1-7-17(19)18-8-2-4-10-20(18)21/h1-4,7-10,21,27H,5-6,11-16H2,(H,25,26). The van der Waals surface area contributed by atoms with Gasteiger partial charge >= 0.3 is 6.09 Å². The number of benzene rings is 2. The van der Waals surface area contributed by atoms with Gasteiger partial charge in [-0.15, -0.1) is 0 Å². The lowest BCUT2D eigenvalue weighted by Crippen LogP contribution is -2.61. The van der Waals surface area contributed by atoms with Crippen LogP contribution in [0, 0.1) is 5.41 Å². The summed E-state index contributed by atoms with van der Waals surface area (Å²) in [6.45, 7) is 0.845. The van der Waals surface area contributed by atoms with Crippen LogP contribution >= 0.6 is 0 Å². The second-order valence-corrected chi connectivity index (χ2v) is 8.70. The molecule has 2 N–H and O–H groups in total. The number of hydrogen-bond donors (Lipinski definition) is 2. The first-order chi connectivity index (χ1) is 13.6. The van der Waals surface area contributed by atoms with E-state index in [-0.39, 0.29) is 17.4 Å². The first-order valence-electron chi connectivity index (χ1n) is 10.4. The molecule has 0 atom stereocenters. The van der Waals surface area contributed by atoms with Gasteiger partial charge in [0.05, 0.1) is 5.60 Å². The Hall–Kier alpha value is -2.33. The van der Waals surface area contributed by atoms with Crippen LogP contribution in [0.4, 0.5) is 4.79 Å². The van der Waals surface area contributed by atoms with E-state index in [1.165, 1.54) is 22.3 Å². The van der Waals surface area contributed by atoms with Gasteiger partial charge in [-0.05, 0) is 54.4 Å². The third kappa shape index (κ3) is 2.66. The average molecular weight is 377 g/mol. The van der Waals surface area contributed by atoms with Gasteiger partial charge in [-0.2, -0.15) is 0 Å². The van der Waals surface area contributed by atoms with E-state index >= 15 is 0 Å². The smallest absolute Gasteiger partial charge is 0.407 e. The highest BCUT2D eigenvalue weighted by Gasteiger charge is 2.56. The molecule has 146 valence electrons. The molecule has 1 amide bonds. The Labute approximate surface area is 165 Å². The molecular formula is C24H27NO3. The summed E-state index contributed by atoms with van der Waals surface area (Å²) in [6.07, 6.45) is 5.55. The number of carbonyl (C=O) groups is 1. The Kier molecular flexibility index (Phi) is 4.20. The number of rotatable bonds is 5. The van der Waals surface area contributed by atoms with E-state index < -0.39 is 5.60 Å². The Morgan fingerprint density at radius 2 is 1.54 bits per heavy atom. The molecule has 2 fully saturated rings. The van der Waals surface area contributed by atoms with Gasteiger partial charge < -0.3 is 15.2 Å². The number of alkyl carbamates (subject to hydrolysis) is 1. The fraction of sp³-hybridized carbons (Fsp3) is 0.458. The predicted molar refractivity (Wildman–Crippen MR) is 108 cm³/mol. The van der Waals surface area contributed by atoms with Crippen molar-refractivity contribution >= 4 is 6.09 Å². The highest BCUT2D eigenvalue weighted by Crippen LogP contribution is 2.56. The highest BCUT2D eigenvalue weighted by molar-refractivity contribution is 5.79. The molecule has 0 saturated heterocycles. The van der Waals surface area contributed by atoms with Crippen LogP contribution in [0.25, 0.3) is 11.1 Å². The summed E-state index contributed by atoms with van der Waals surface area (Å²) in [7, 11) is 0. The fourth-order valence-corrected chi connectivity index (χ4v) is 5.34. The van der Waals surface area contributed by atoms with Crippen LogP contribution in [0.2, 0.25) is 0 Å². The molecule has 0 unspecified atom stereocenters. The first kappa shape index (κ1) is 17.7. The number of aliphatic hydroxyl groups is 1. The number of hydrogen-bond acceptors (Lipinski definition) is 3. The second kappa shape index (κ2) is 6.63. The molecule has 2 aromatic carbocycles. The van der Waals surface area contributed by atoms with Gasteiger partial charge in [0.25, 0.3) is 0 Å². The van der Waals surface area contributed by atoms with Crippen LogP contribution in [0.1, 0.15) is 55.6 Å². The minimum absolute atomic E-state index is 0.0756. The summed E-state index contributed by atoms with van der Waals surface area (Å²) in [5.41, 5.74) is 4.17. The maximum Gasteiger partial charge on any atom is 0.407 e. The van der Waals surface area contributed by atoms with Gasteiger partial charge in [0.1, 0.15) is 6.61 Å². The van der Waals surface area contributed by atoms with E-state index in [0.717, 1.165) is 38.5 Å². The predicted octanol–water partition coefficient (Wildman–Crippen LogP) is 4.61. The van der Waals surface area contributed by atoms with Crippen molar-refractivity contribution in [3.8, 4) is 11.1 Å². The highest BCUT2D eigenvalue weighted by atomic mass is 16.5. The molecule has 0 radical (unpaired) electrons. The van der Waals surface area contributed by atoms with Crippen molar-refractivity contribution in [3.63, 3.8) is 0 Å². The molecule has 28 heavy (non-hydrogen) atoms. The van der Waals surface area contributed by atoms with Crippen LogP contribution in [0.15, 0.2) is 48.5 Å². The van der Waals surface area contributed by atoms with Crippen molar-refractivity contribution < 1.29 is 14.6 Å². The third-order valence-corrected chi connectivity index (χ3v) is 7.39. The van der Waals surface area contributed by atoms with Gasteiger partial charge in [0.2, 0.25) is 0 Å². The number of amides is 1. The molecule has 0 aliphatic heterocycles. The van der Waals surface area contributed by atoms with Crippen molar-refractivity contribution in [2.75, 3.05) is 13.2 Å². The molecule has 0 aromatic heterocycles. The quantitative estimate of drug-likeness (QED) is 0.800. The van der Waals surface area contributed by atoms with Gasteiger partial charge in [0.15, 0.2) is 0 Å². The average Bonchev–Trinajstić information content (AvgIpc) is 2.98. The van der Waals surface area contributed by atoms with Crippen molar-refractivity contribution in [2.24, 2.45) is 5.41 Å². The first-order valence-corrected chi connectivity index (χ1v) is 10.4. The summed E-state index contributed by atoms with van der Waals surface area (Å²) < 4.78 is 5.64. The van der Waals surface area contributed by atoms with Crippen LogP contribution in [-0.4, -0.2) is 30.0 Å². The fourth-order valence-electron chi connectivity index (χ4n) is 5.34. The molecule has 5 rings (SSSR count). The van der Waals surface area contributed by atoms with Crippen LogP contribution in [-0.2, 0) is 4.74 Å². The SMILES string of the molecule is O=C(NCC1(C2(O)CCC2)CCC1)OCC1c2ccccc2-c2ccccc21. The van der Waals surface area contributed by atoms with Gasteiger partial charge in [-0.25, -0.2) is 4.79 Å². The summed E-state index contributed by atoms with van der Waals surface area (Å²) >= 11 is 0. The van der Waals surface area contributed by atoms with Gasteiger partial charge in [-0.1, -0.05) is 55.0 Å². The van der Waals surface area contributed by atoms with Crippen LogP contribution < -0.4 is 5.32 Å². The summed E-state index contributed by atoms with van der Waals surface area (Å²) in [5.74, 6) is 0.0756. The van der Waals surface area contributed by atoms with Crippen molar-refractivity contribution in [1.29, 1.82) is 0 Å². The van der Waals surface area contributed by atoms with Crippen LogP contribution in [0.3, 0.4) is 0 Å². The zero-order valence-corrected chi connectivity index (χ0v) is 16.1. The molecule has 3 aliphatic carbocycles. The molecule has 0 heterocycles. The maximum atomic E-state index is 12.4. The number of carbonyl (C=O) groups excluding carboxylic acids is 1. The maximum absolute atomic E-state index is 12.4. The lowest BCUT2D eigenvalue weighted by Gasteiger charge is -2.57. The summed E-state index contributed by atoms with van der Waals surface area (Å²) in [5, 5.41) is 13.8. The number of ether oxygens (including phenoxy) is 1. The zero-order chi connectivity index (χ0) is 19.2. The van der Waals surface area contributed by atoms with Gasteiger partial charge in [0, 0.05) is 17.9 Å². The largest absolute Gasteiger partial charge is 0.449 e. The van der Waals surface area contributed by atoms with Crippen molar-refractivity contribution in [2.45, 2.75) is 50.0 Å². The van der Waals surface area contributed by atoms with Crippen LogP contribution in [0.5, 0.6) is 0 Å².